The summed E-state index contributed by atoms with van der Waals surface area (Å²) in [6.45, 7) is 3.05. The number of benzene rings is 3. The number of nitrogens with zero attached hydrogens (tertiary/aromatic N) is 2. The maximum atomic E-state index is 12.5. The molecule has 0 bridgehead atoms. The van der Waals surface area contributed by atoms with Crippen molar-refractivity contribution in [3.8, 4) is 0 Å². The number of ether oxygens (including phenoxy) is 1. The Bertz CT molecular complexity index is 1310. The van der Waals surface area contributed by atoms with E-state index in [0.29, 0.717) is 28.2 Å². The fourth-order valence-corrected chi connectivity index (χ4v) is 4.34. The summed E-state index contributed by atoms with van der Waals surface area (Å²) in [5.41, 5.74) is 3.66. The predicted octanol–water partition coefficient (Wildman–Crippen LogP) is 6.64. The minimum absolute atomic E-state index is 0.0988. The number of aromatic nitrogens is 2. The first-order valence-corrected chi connectivity index (χ1v) is 12.2. The molecular formula is C27H25Cl3N3O2+. The summed E-state index contributed by atoms with van der Waals surface area (Å²) in [7, 11) is 0. The molecular weight excluding hydrogens is 505 g/mol. The third-order valence-corrected chi connectivity index (χ3v) is 6.36. The summed E-state index contributed by atoms with van der Waals surface area (Å²) in [4.78, 5) is 12.5. The Morgan fingerprint density at radius 2 is 1.77 bits per heavy atom. The van der Waals surface area contributed by atoms with Crippen LogP contribution in [0.1, 0.15) is 22.8 Å². The van der Waals surface area contributed by atoms with Crippen molar-refractivity contribution in [3.05, 3.63) is 117 Å². The molecule has 180 valence electrons. The van der Waals surface area contributed by atoms with Crippen LogP contribution in [0.4, 0.5) is 5.69 Å². The van der Waals surface area contributed by atoms with Gasteiger partial charge in [0.2, 0.25) is 6.33 Å². The third-order valence-electron chi connectivity index (χ3n) is 5.54. The van der Waals surface area contributed by atoms with E-state index in [0.717, 1.165) is 22.4 Å². The number of amides is 1. The molecule has 5 nitrogen and oxygen atoms in total. The van der Waals surface area contributed by atoms with Crippen molar-refractivity contribution in [3.63, 3.8) is 0 Å². The summed E-state index contributed by atoms with van der Waals surface area (Å²) in [5.74, 6) is -0.0988. The van der Waals surface area contributed by atoms with Gasteiger partial charge in [0.05, 0.1) is 6.61 Å². The highest BCUT2D eigenvalue weighted by molar-refractivity contribution is 6.35. The first-order chi connectivity index (χ1) is 16.9. The van der Waals surface area contributed by atoms with Gasteiger partial charge in [-0.25, -0.2) is 9.13 Å². The molecule has 0 saturated carbocycles. The molecule has 0 aliphatic rings. The van der Waals surface area contributed by atoms with Gasteiger partial charge in [0.1, 0.15) is 25.0 Å². The minimum Gasteiger partial charge on any atom is -0.365 e. The van der Waals surface area contributed by atoms with E-state index in [1.165, 1.54) is 0 Å². The zero-order chi connectivity index (χ0) is 24.8. The number of carbonyl (C=O) groups excluding carboxylic acids is 1. The van der Waals surface area contributed by atoms with Gasteiger partial charge in [-0.05, 0) is 48.4 Å². The Morgan fingerprint density at radius 1 is 1.03 bits per heavy atom. The standard InChI is InChI=1S/C27H24Cl3N3O2/c1-19-4-2-3-5-25(19)31-27(34)16-33-13-12-32(18-33)15-26(23-11-10-22(29)14-24(23)30)35-17-20-6-8-21(28)9-7-20/h2-14,18,26H,15-17H2,1H3/p+1. The molecule has 1 unspecified atom stereocenters. The van der Waals surface area contributed by atoms with Crippen LogP contribution in [0, 0.1) is 6.92 Å². The highest BCUT2D eigenvalue weighted by atomic mass is 35.5. The Balaban J connectivity index is 1.46. The number of hydrogen-bond donors (Lipinski definition) is 1. The van der Waals surface area contributed by atoms with E-state index < -0.39 is 0 Å². The zero-order valence-corrected chi connectivity index (χ0v) is 21.4. The monoisotopic (exact) mass is 528 g/mol. The van der Waals surface area contributed by atoms with E-state index >= 15 is 0 Å². The Morgan fingerprint density at radius 3 is 2.51 bits per heavy atom. The molecule has 4 aromatic rings. The lowest BCUT2D eigenvalue weighted by atomic mass is 10.1. The molecule has 0 spiro atoms. The second kappa shape index (κ2) is 11.7. The lowest BCUT2D eigenvalue weighted by molar-refractivity contribution is -0.704. The second-order valence-electron chi connectivity index (χ2n) is 8.24. The summed E-state index contributed by atoms with van der Waals surface area (Å²) in [6.07, 6.45) is 5.30. The van der Waals surface area contributed by atoms with E-state index in [-0.39, 0.29) is 18.6 Å². The van der Waals surface area contributed by atoms with Gasteiger partial charge in [-0.1, -0.05) is 71.2 Å². The number of rotatable bonds is 9. The average Bonchev–Trinajstić information content (AvgIpc) is 3.26. The Labute approximate surface area is 219 Å². The van der Waals surface area contributed by atoms with Crippen LogP contribution in [0.5, 0.6) is 0 Å². The summed E-state index contributed by atoms with van der Waals surface area (Å²) in [5, 5.41) is 4.73. The fourth-order valence-electron chi connectivity index (χ4n) is 3.68. The van der Waals surface area contributed by atoms with Crippen molar-refractivity contribution in [1.29, 1.82) is 0 Å². The quantitative estimate of drug-likeness (QED) is 0.247. The van der Waals surface area contributed by atoms with Gasteiger partial charge < -0.3 is 10.1 Å². The largest absolute Gasteiger partial charge is 0.365 e. The number of para-hydroxylation sites is 1. The first kappa shape index (κ1) is 25.3. The topological polar surface area (TPSA) is 47.1 Å². The molecule has 0 saturated heterocycles. The molecule has 35 heavy (non-hydrogen) atoms. The highest BCUT2D eigenvalue weighted by Crippen LogP contribution is 2.29. The van der Waals surface area contributed by atoms with Crippen LogP contribution < -0.4 is 9.88 Å². The SMILES string of the molecule is Cc1ccccc1NC(=O)Cn1cc[n+](CC(OCc2ccc(Cl)cc2)c2ccc(Cl)cc2Cl)c1. The normalized spacial score (nSPS) is 11.9. The van der Waals surface area contributed by atoms with Gasteiger partial charge in [0.25, 0.3) is 5.91 Å². The number of nitrogens with one attached hydrogen (secondary N) is 1. The summed E-state index contributed by atoms with van der Waals surface area (Å²) >= 11 is 18.6. The molecule has 4 rings (SSSR count). The molecule has 1 N–H and O–H groups in total. The molecule has 1 atom stereocenters. The van der Waals surface area contributed by atoms with Crippen LogP contribution in [0.15, 0.2) is 85.5 Å². The third kappa shape index (κ3) is 7.09. The van der Waals surface area contributed by atoms with E-state index in [4.69, 9.17) is 39.5 Å². The Kier molecular flexibility index (Phi) is 8.47. The van der Waals surface area contributed by atoms with Crippen molar-refractivity contribution >= 4 is 46.4 Å². The van der Waals surface area contributed by atoms with Gasteiger partial charge in [-0.3, -0.25) is 4.79 Å². The number of carbonyl (C=O) groups is 1. The average molecular weight is 530 g/mol. The molecule has 0 fully saturated rings. The van der Waals surface area contributed by atoms with Gasteiger partial charge in [-0.15, -0.1) is 0 Å². The lowest BCUT2D eigenvalue weighted by Crippen LogP contribution is -2.36. The number of imidazole rings is 1. The molecule has 0 radical (unpaired) electrons. The van der Waals surface area contributed by atoms with E-state index in [1.807, 2.05) is 89.4 Å². The van der Waals surface area contributed by atoms with Crippen molar-refractivity contribution < 1.29 is 14.1 Å². The van der Waals surface area contributed by atoms with Crippen LogP contribution >= 0.6 is 34.8 Å². The minimum atomic E-state index is -0.336. The van der Waals surface area contributed by atoms with Gasteiger partial charge in [0, 0.05) is 26.3 Å². The second-order valence-corrected chi connectivity index (χ2v) is 9.52. The van der Waals surface area contributed by atoms with Crippen LogP contribution in [-0.4, -0.2) is 10.5 Å². The summed E-state index contributed by atoms with van der Waals surface area (Å²) in [6, 6.07) is 20.6. The zero-order valence-electron chi connectivity index (χ0n) is 19.1. The van der Waals surface area contributed by atoms with Gasteiger partial charge in [0.15, 0.2) is 6.54 Å². The maximum Gasteiger partial charge on any atom is 0.266 e. The number of halogens is 3. The molecule has 1 aromatic heterocycles. The van der Waals surface area contributed by atoms with Crippen molar-refractivity contribution in [2.24, 2.45) is 0 Å². The van der Waals surface area contributed by atoms with Crippen LogP contribution in [0.3, 0.4) is 0 Å². The van der Waals surface area contributed by atoms with E-state index in [9.17, 15) is 4.79 Å². The highest BCUT2D eigenvalue weighted by Gasteiger charge is 2.20. The number of anilines is 1. The van der Waals surface area contributed by atoms with Crippen LogP contribution in [0.25, 0.3) is 0 Å². The van der Waals surface area contributed by atoms with Gasteiger partial charge >= 0.3 is 0 Å². The van der Waals surface area contributed by atoms with Crippen molar-refractivity contribution in [2.45, 2.75) is 32.7 Å². The smallest absolute Gasteiger partial charge is 0.266 e. The van der Waals surface area contributed by atoms with Crippen LogP contribution in [0.2, 0.25) is 15.1 Å². The Hall–Kier alpha value is -2.83. The number of aryl methyl sites for hydroxylation is 1. The predicted molar refractivity (Wildman–Crippen MR) is 140 cm³/mol. The molecule has 3 aromatic carbocycles. The lowest BCUT2D eigenvalue weighted by Gasteiger charge is -2.18. The van der Waals surface area contributed by atoms with Crippen molar-refractivity contribution in [1.82, 2.24) is 4.57 Å². The van der Waals surface area contributed by atoms with Crippen LogP contribution in [-0.2, 0) is 29.2 Å². The van der Waals surface area contributed by atoms with Crippen molar-refractivity contribution in [2.75, 3.05) is 5.32 Å². The summed E-state index contributed by atoms with van der Waals surface area (Å²) < 4.78 is 10.1. The van der Waals surface area contributed by atoms with E-state index in [1.54, 1.807) is 12.1 Å². The molecule has 1 amide bonds. The van der Waals surface area contributed by atoms with Gasteiger partial charge in [-0.2, -0.15) is 0 Å². The number of hydrogen-bond acceptors (Lipinski definition) is 2. The fraction of sp³-hybridized carbons (Fsp3) is 0.185. The molecule has 0 aliphatic carbocycles. The molecule has 1 heterocycles. The van der Waals surface area contributed by atoms with E-state index in [2.05, 4.69) is 5.32 Å². The first-order valence-electron chi connectivity index (χ1n) is 11.1. The molecule has 8 heteroatoms. The maximum absolute atomic E-state index is 12.5. The molecule has 0 aliphatic heterocycles.